The van der Waals surface area contributed by atoms with Crippen LogP contribution in [0.5, 0.6) is 0 Å². The van der Waals surface area contributed by atoms with Crippen LogP contribution in [-0.2, 0) is 4.74 Å². The van der Waals surface area contributed by atoms with Crippen LogP contribution in [-0.4, -0.2) is 23.7 Å². The fraction of sp³-hybridized carbons (Fsp3) is 0.455. The minimum atomic E-state index is 0.206. The zero-order chi connectivity index (χ0) is 10.7. The Labute approximate surface area is 88.9 Å². The van der Waals surface area contributed by atoms with Crippen molar-refractivity contribution in [2.75, 3.05) is 11.9 Å². The third-order valence-corrected chi connectivity index (χ3v) is 2.57. The summed E-state index contributed by atoms with van der Waals surface area (Å²) in [4.78, 5) is 4.16. The first kappa shape index (κ1) is 9.94. The quantitative estimate of drug-likeness (QED) is 0.792. The molecule has 2 atom stereocenters. The summed E-state index contributed by atoms with van der Waals surface area (Å²) in [5, 5.41) is 12.0. The summed E-state index contributed by atoms with van der Waals surface area (Å²) in [6, 6.07) is 7.71. The van der Waals surface area contributed by atoms with Crippen LogP contribution in [0.4, 0.5) is 5.82 Å². The van der Waals surface area contributed by atoms with Crippen LogP contribution >= 0.6 is 0 Å². The topological polar surface area (TPSA) is 57.9 Å². The summed E-state index contributed by atoms with van der Waals surface area (Å²) in [6.45, 7) is 2.83. The number of pyridine rings is 1. The molecule has 2 heterocycles. The van der Waals surface area contributed by atoms with Gasteiger partial charge in [-0.3, -0.25) is 0 Å². The van der Waals surface area contributed by atoms with Gasteiger partial charge in [0.25, 0.3) is 0 Å². The summed E-state index contributed by atoms with van der Waals surface area (Å²) in [6.07, 6.45) is 1.19. The predicted molar refractivity (Wildman–Crippen MR) is 56.4 cm³/mol. The maximum Gasteiger partial charge on any atom is 0.142 e. The van der Waals surface area contributed by atoms with Crippen molar-refractivity contribution in [3.63, 3.8) is 0 Å². The average molecular weight is 203 g/mol. The number of nitrogens with zero attached hydrogens (tertiary/aromatic N) is 2. The van der Waals surface area contributed by atoms with Crippen molar-refractivity contribution >= 4 is 5.82 Å². The summed E-state index contributed by atoms with van der Waals surface area (Å²) < 4.78 is 5.44. The Kier molecular flexibility index (Phi) is 2.84. The highest BCUT2D eigenvalue weighted by molar-refractivity contribution is 5.39. The van der Waals surface area contributed by atoms with E-state index in [4.69, 9.17) is 10.00 Å². The molecule has 1 fully saturated rings. The highest BCUT2D eigenvalue weighted by Crippen LogP contribution is 2.17. The summed E-state index contributed by atoms with van der Waals surface area (Å²) >= 11 is 0. The average Bonchev–Trinajstić information content (AvgIpc) is 2.65. The number of aromatic nitrogens is 1. The molecule has 78 valence electrons. The van der Waals surface area contributed by atoms with Crippen LogP contribution < -0.4 is 5.32 Å². The Balaban J connectivity index is 2.07. The molecule has 15 heavy (non-hydrogen) atoms. The number of rotatable bonds is 2. The standard InChI is InChI=1S/C11H13N3O/c1-8-10(5-6-15-8)14-11-4-2-3-9(7-12)13-11/h2-4,8,10H,5-6H2,1H3,(H,13,14). The predicted octanol–water partition coefficient (Wildman–Crippen LogP) is 1.54. The van der Waals surface area contributed by atoms with Crippen LogP contribution in [0, 0.1) is 11.3 Å². The van der Waals surface area contributed by atoms with Gasteiger partial charge in [0, 0.05) is 6.61 Å². The van der Waals surface area contributed by atoms with Crippen LogP contribution in [0.2, 0.25) is 0 Å². The van der Waals surface area contributed by atoms with Crippen molar-refractivity contribution in [3.05, 3.63) is 23.9 Å². The van der Waals surface area contributed by atoms with Gasteiger partial charge >= 0.3 is 0 Å². The van der Waals surface area contributed by atoms with Crippen LogP contribution in [0.3, 0.4) is 0 Å². The van der Waals surface area contributed by atoms with Crippen LogP contribution in [0.15, 0.2) is 18.2 Å². The molecule has 2 rings (SSSR count). The number of nitriles is 1. The summed E-state index contributed by atoms with van der Waals surface area (Å²) in [5.41, 5.74) is 0.437. The molecule has 1 saturated heterocycles. The number of nitrogens with one attached hydrogen (secondary N) is 1. The molecule has 0 saturated carbocycles. The third-order valence-electron chi connectivity index (χ3n) is 2.57. The van der Waals surface area contributed by atoms with Gasteiger partial charge < -0.3 is 10.1 Å². The van der Waals surface area contributed by atoms with E-state index in [-0.39, 0.29) is 6.10 Å². The number of ether oxygens (including phenoxy) is 1. The van der Waals surface area contributed by atoms with E-state index in [2.05, 4.69) is 10.3 Å². The van der Waals surface area contributed by atoms with Gasteiger partial charge in [-0.1, -0.05) is 6.07 Å². The monoisotopic (exact) mass is 203 g/mol. The highest BCUT2D eigenvalue weighted by Gasteiger charge is 2.24. The van der Waals surface area contributed by atoms with Gasteiger partial charge in [0.05, 0.1) is 12.1 Å². The molecule has 0 aromatic carbocycles. The Bertz CT molecular complexity index is 386. The molecule has 0 bridgehead atoms. The maximum absolute atomic E-state index is 8.71. The number of hydrogen-bond donors (Lipinski definition) is 1. The fourth-order valence-electron chi connectivity index (χ4n) is 1.69. The molecule has 0 spiro atoms. The van der Waals surface area contributed by atoms with E-state index in [0.29, 0.717) is 11.7 Å². The molecule has 1 aliphatic heterocycles. The van der Waals surface area contributed by atoms with Crippen LogP contribution in [0.1, 0.15) is 19.0 Å². The molecule has 1 aromatic rings. The molecule has 1 aliphatic rings. The summed E-state index contributed by atoms with van der Waals surface area (Å²) in [5.74, 6) is 0.747. The highest BCUT2D eigenvalue weighted by atomic mass is 16.5. The largest absolute Gasteiger partial charge is 0.376 e. The zero-order valence-corrected chi connectivity index (χ0v) is 8.60. The fourth-order valence-corrected chi connectivity index (χ4v) is 1.69. The number of anilines is 1. The lowest BCUT2D eigenvalue weighted by Crippen LogP contribution is -2.27. The van der Waals surface area contributed by atoms with Crippen molar-refractivity contribution in [2.45, 2.75) is 25.5 Å². The van der Waals surface area contributed by atoms with Gasteiger partial charge in [0.15, 0.2) is 0 Å². The minimum absolute atomic E-state index is 0.206. The third kappa shape index (κ3) is 2.25. The van der Waals surface area contributed by atoms with Gasteiger partial charge in [-0.2, -0.15) is 5.26 Å². The van der Waals surface area contributed by atoms with Gasteiger partial charge in [-0.25, -0.2) is 4.98 Å². The van der Waals surface area contributed by atoms with Crippen LogP contribution in [0.25, 0.3) is 0 Å². The second-order valence-corrected chi connectivity index (χ2v) is 3.64. The normalized spacial score (nSPS) is 24.8. The van der Waals surface area contributed by atoms with E-state index in [0.717, 1.165) is 18.8 Å². The van der Waals surface area contributed by atoms with E-state index >= 15 is 0 Å². The second-order valence-electron chi connectivity index (χ2n) is 3.64. The molecule has 0 amide bonds. The minimum Gasteiger partial charge on any atom is -0.376 e. The molecule has 4 nitrogen and oxygen atoms in total. The Morgan fingerprint density at radius 2 is 2.47 bits per heavy atom. The van der Waals surface area contributed by atoms with Gasteiger partial charge in [0.1, 0.15) is 17.6 Å². The van der Waals surface area contributed by atoms with Gasteiger partial charge in [0.2, 0.25) is 0 Å². The molecule has 4 heteroatoms. The first-order valence-corrected chi connectivity index (χ1v) is 5.05. The van der Waals surface area contributed by atoms with Gasteiger partial charge in [-0.15, -0.1) is 0 Å². The Morgan fingerprint density at radius 3 is 3.13 bits per heavy atom. The van der Waals surface area contributed by atoms with E-state index in [1.807, 2.05) is 25.1 Å². The number of hydrogen-bond acceptors (Lipinski definition) is 4. The molecular formula is C11H13N3O. The maximum atomic E-state index is 8.71. The van der Waals surface area contributed by atoms with Crippen molar-refractivity contribution in [3.8, 4) is 6.07 Å². The van der Waals surface area contributed by atoms with Crippen molar-refractivity contribution < 1.29 is 4.74 Å². The smallest absolute Gasteiger partial charge is 0.142 e. The Hall–Kier alpha value is -1.60. The van der Waals surface area contributed by atoms with E-state index in [1.165, 1.54) is 0 Å². The SMILES string of the molecule is CC1OCCC1Nc1cccc(C#N)n1. The molecular weight excluding hydrogens is 190 g/mol. The summed E-state index contributed by atoms with van der Waals surface area (Å²) in [7, 11) is 0. The van der Waals surface area contributed by atoms with Crippen molar-refractivity contribution in [1.82, 2.24) is 4.98 Å². The second kappa shape index (κ2) is 4.28. The lowest BCUT2D eigenvalue weighted by molar-refractivity contribution is 0.121. The van der Waals surface area contributed by atoms with Crippen molar-refractivity contribution in [1.29, 1.82) is 5.26 Å². The molecule has 2 unspecified atom stereocenters. The first-order chi connectivity index (χ1) is 7.29. The Morgan fingerprint density at radius 1 is 1.60 bits per heavy atom. The molecule has 1 aromatic heterocycles. The van der Waals surface area contributed by atoms with Crippen molar-refractivity contribution in [2.24, 2.45) is 0 Å². The zero-order valence-electron chi connectivity index (χ0n) is 8.60. The lowest BCUT2D eigenvalue weighted by atomic mass is 10.1. The van der Waals surface area contributed by atoms with E-state index in [9.17, 15) is 0 Å². The lowest BCUT2D eigenvalue weighted by Gasteiger charge is -2.16. The van der Waals surface area contributed by atoms with E-state index in [1.54, 1.807) is 6.07 Å². The first-order valence-electron chi connectivity index (χ1n) is 5.05. The van der Waals surface area contributed by atoms with E-state index < -0.39 is 0 Å². The van der Waals surface area contributed by atoms with Gasteiger partial charge in [-0.05, 0) is 25.5 Å². The molecule has 0 radical (unpaired) electrons. The molecule has 0 aliphatic carbocycles. The molecule has 1 N–H and O–H groups in total.